The fourth-order valence-electron chi connectivity index (χ4n) is 1.97. The van der Waals surface area contributed by atoms with Crippen molar-refractivity contribution < 1.29 is 42.4 Å². The van der Waals surface area contributed by atoms with Crippen LogP contribution < -0.4 is 5.32 Å². The molecule has 0 aromatic carbocycles. The van der Waals surface area contributed by atoms with E-state index in [0.717, 1.165) is 0 Å². The average Bonchev–Trinajstić information content (AvgIpc) is 2.76. The zero-order valence-corrected chi connectivity index (χ0v) is 20.4. The highest BCUT2D eigenvalue weighted by atomic mass is 32.1. The topological polar surface area (TPSA) is 102 Å². The van der Waals surface area contributed by atoms with Gasteiger partial charge in [0.25, 0.3) is 0 Å². The van der Waals surface area contributed by atoms with Crippen LogP contribution in [0.15, 0.2) is 0 Å². The smallest absolute Gasteiger partial charge is 0.232 e. The number of rotatable bonds is 23. The first-order valence-electron chi connectivity index (χ1n) is 10.9. The number of carbonyl (C=O) groups is 2. The van der Waals surface area contributed by atoms with Crippen LogP contribution in [0, 0.1) is 5.92 Å². The average molecular weight is 486 g/mol. The van der Waals surface area contributed by atoms with Crippen LogP contribution in [-0.2, 0) is 38.0 Å². The molecule has 0 aliphatic carbocycles. The molecule has 32 heavy (non-hydrogen) atoms. The molecule has 0 aliphatic rings. The second kappa shape index (κ2) is 22.0. The second-order valence-electron chi connectivity index (χ2n) is 7.22. The van der Waals surface area contributed by atoms with E-state index in [0.29, 0.717) is 59.5 Å². The Morgan fingerprint density at radius 3 is 1.56 bits per heavy atom. The van der Waals surface area contributed by atoms with Crippen molar-refractivity contribution >= 4 is 24.3 Å². The number of Topliss-reactive ketones (excluding diaryl/α,β-unsaturated/α-hetero) is 1. The fourth-order valence-corrected chi connectivity index (χ4v) is 2.06. The number of nitrogens with one attached hydrogen (secondary N) is 1. The zero-order valence-electron chi connectivity index (χ0n) is 19.5. The maximum atomic E-state index is 13.5. The number of amides is 1. The lowest BCUT2D eigenvalue weighted by molar-refractivity contribution is -0.127. The highest BCUT2D eigenvalue weighted by Gasteiger charge is 2.11. The summed E-state index contributed by atoms with van der Waals surface area (Å²) in [7, 11) is 0. The van der Waals surface area contributed by atoms with Crippen molar-refractivity contribution in [2.75, 3.05) is 85.8 Å². The Hall–Kier alpha value is -0.820. The molecule has 2 atom stereocenters. The predicted molar refractivity (Wildman–Crippen MR) is 121 cm³/mol. The molecule has 0 saturated heterocycles. The molecule has 0 aromatic rings. The number of halogens is 1. The van der Waals surface area contributed by atoms with Gasteiger partial charge in [-0.25, -0.2) is 4.39 Å². The largest absolute Gasteiger partial charge is 0.377 e. The minimum atomic E-state index is -1.27. The number of ketones is 1. The van der Waals surface area contributed by atoms with Gasteiger partial charge in [-0.05, 0) is 6.92 Å². The lowest BCUT2D eigenvalue weighted by Gasteiger charge is -2.12. The third-order valence-corrected chi connectivity index (χ3v) is 4.16. The molecule has 0 spiro atoms. The van der Waals surface area contributed by atoms with Crippen LogP contribution in [0.1, 0.15) is 20.8 Å². The van der Waals surface area contributed by atoms with Gasteiger partial charge in [-0.3, -0.25) is 9.59 Å². The Kier molecular flexibility index (Phi) is 21.4. The predicted octanol–water partition coefficient (Wildman–Crippen LogP) is 1.08. The van der Waals surface area contributed by atoms with Crippen LogP contribution in [0.5, 0.6) is 0 Å². The van der Waals surface area contributed by atoms with E-state index in [-0.39, 0.29) is 44.0 Å². The van der Waals surface area contributed by atoms with Gasteiger partial charge in [-0.2, -0.15) is 12.6 Å². The number of alkyl halides is 1. The number of carbonyl (C=O) groups excluding carboxylic acids is 2. The zero-order chi connectivity index (χ0) is 24.0. The summed E-state index contributed by atoms with van der Waals surface area (Å²) in [6.45, 7) is 9.25. The van der Waals surface area contributed by atoms with E-state index in [4.69, 9.17) is 28.4 Å². The van der Waals surface area contributed by atoms with Gasteiger partial charge in [0.2, 0.25) is 5.91 Å². The highest BCUT2D eigenvalue weighted by Crippen LogP contribution is 1.95. The third-order valence-electron chi connectivity index (χ3n) is 3.92. The van der Waals surface area contributed by atoms with E-state index in [1.165, 1.54) is 0 Å². The summed E-state index contributed by atoms with van der Waals surface area (Å²) in [6.07, 6.45) is -1.27. The molecule has 0 saturated carbocycles. The maximum Gasteiger partial charge on any atom is 0.232 e. The van der Waals surface area contributed by atoms with Gasteiger partial charge in [0.05, 0.1) is 84.5 Å². The van der Waals surface area contributed by atoms with Crippen LogP contribution in [0.25, 0.3) is 0 Å². The Labute approximate surface area is 196 Å². The first kappa shape index (κ1) is 31.2. The molecule has 0 rings (SSSR count). The summed E-state index contributed by atoms with van der Waals surface area (Å²) in [5, 5.41) is 1.98. The number of ether oxygens (including phenoxy) is 6. The first-order chi connectivity index (χ1) is 15.3. The van der Waals surface area contributed by atoms with Crippen LogP contribution >= 0.6 is 12.6 Å². The molecular formula is C21H40FNO8S. The summed E-state index contributed by atoms with van der Waals surface area (Å²) < 4.78 is 45.3. The fraction of sp³-hybridized carbons (Fsp3) is 0.905. The highest BCUT2D eigenvalue weighted by molar-refractivity contribution is 7.81. The molecule has 0 fully saturated rings. The van der Waals surface area contributed by atoms with E-state index < -0.39 is 11.4 Å². The van der Waals surface area contributed by atoms with Crippen LogP contribution in [-0.4, -0.2) is 109 Å². The quantitative estimate of drug-likeness (QED) is 0.164. The normalized spacial score (nSPS) is 13.3. The summed E-state index contributed by atoms with van der Waals surface area (Å²) in [5.74, 6) is -0.237. The van der Waals surface area contributed by atoms with Gasteiger partial charge in [-0.15, -0.1) is 0 Å². The summed E-state index contributed by atoms with van der Waals surface area (Å²) in [4.78, 5) is 22.6. The standard InChI is InChI=1S/C21H40FNO8S/c1-17(2)20(24)16-31-13-11-29-9-7-27-5-4-26-6-8-28-10-12-30-15-19(22)14-23-21(25)18(3)32/h17-19,32H,4-16H2,1-3H3,(H,23,25). The van der Waals surface area contributed by atoms with Gasteiger partial charge in [0.15, 0.2) is 5.78 Å². The van der Waals surface area contributed by atoms with Gasteiger partial charge in [0, 0.05) is 5.92 Å². The van der Waals surface area contributed by atoms with Crippen LogP contribution in [0.4, 0.5) is 4.39 Å². The number of thiol groups is 1. The second-order valence-corrected chi connectivity index (χ2v) is 7.99. The van der Waals surface area contributed by atoms with Crippen LogP contribution in [0.2, 0.25) is 0 Å². The maximum absolute atomic E-state index is 13.5. The van der Waals surface area contributed by atoms with E-state index in [1.54, 1.807) is 6.92 Å². The van der Waals surface area contributed by atoms with Gasteiger partial charge in [-0.1, -0.05) is 13.8 Å². The molecule has 190 valence electrons. The summed E-state index contributed by atoms with van der Waals surface area (Å²) >= 11 is 3.96. The van der Waals surface area contributed by atoms with Crippen molar-refractivity contribution in [1.82, 2.24) is 5.32 Å². The molecule has 0 radical (unpaired) electrons. The molecule has 0 heterocycles. The summed E-state index contributed by atoms with van der Waals surface area (Å²) in [6, 6.07) is 0. The van der Waals surface area contributed by atoms with Crippen molar-refractivity contribution in [3.05, 3.63) is 0 Å². The lowest BCUT2D eigenvalue weighted by atomic mass is 10.1. The van der Waals surface area contributed by atoms with Crippen LogP contribution in [0.3, 0.4) is 0 Å². The van der Waals surface area contributed by atoms with Gasteiger partial charge < -0.3 is 33.7 Å². The first-order valence-corrected chi connectivity index (χ1v) is 11.4. The van der Waals surface area contributed by atoms with Crippen molar-refractivity contribution in [3.63, 3.8) is 0 Å². The molecule has 0 aromatic heterocycles. The minimum Gasteiger partial charge on any atom is -0.377 e. The minimum absolute atomic E-state index is 0.0114. The van der Waals surface area contributed by atoms with E-state index in [1.807, 2.05) is 13.8 Å². The Morgan fingerprint density at radius 1 is 0.750 bits per heavy atom. The van der Waals surface area contributed by atoms with Crippen molar-refractivity contribution in [1.29, 1.82) is 0 Å². The van der Waals surface area contributed by atoms with Crippen molar-refractivity contribution in [3.8, 4) is 0 Å². The molecular weight excluding hydrogens is 445 g/mol. The molecule has 0 aliphatic heterocycles. The molecule has 9 nitrogen and oxygen atoms in total. The molecule has 1 amide bonds. The lowest BCUT2D eigenvalue weighted by Crippen LogP contribution is -2.36. The molecule has 11 heteroatoms. The van der Waals surface area contributed by atoms with Gasteiger partial charge >= 0.3 is 0 Å². The summed E-state index contributed by atoms with van der Waals surface area (Å²) in [5.41, 5.74) is 0. The SMILES string of the molecule is CC(C)C(=O)COCCOCCOCCOCCOCCOCC(F)CNC(=O)C(C)S. The number of hydrogen-bond donors (Lipinski definition) is 2. The monoisotopic (exact) mass is 485 g/mol. The molecule has 1 N–H and O–H groups in total. The van der Waals surface area contributed by atoms with Gasteiger partial charge in [0.1, 0.15) is 12.8 Å². The van der Waals surface area contributed by atoms with E-state index in [9.17, 15) is 14.0 Å². The molecule has 2 unspecified atom stereocenters. The Bertz CT molecular complexity index is 471. The Balaban J connectivity index is 3.21. The third kappa shape index (κ3) is 21.0. The van der Waals surface area contributed by atoms with Crippen molar-refractivity contribution in [2.24, 2.45) is 5.92 Å². The number of hydrogen-bond acceptors (Lipinski definition) is 9. The van der Waals surface area contributed by atoms with Crippen molar-refractivity contribution in [2.45, 2.75) is 32.2 Å². The van der Waals surface area contributed by atoms with E-state index >= 15 is 0 Å². The van der Waals surface area contributed by atoms with E-state index in [2.05, 4.69) is 17.9 Å². The molecule has 0 bridgehead atoms. The Morgan fingerprint density at radius 2 is 1.16 bits per heavy atom.